The number of rotatable bonds is 7. The second-order valence-electron chi connectivity index (χ2n) is 4.34. The summed E-state index contributed by atoms with van der Waals surface area (Å²) < 4.78 is 9.96. The van der Waals surface area contributed by atoms with Gasteiger partial charge in [0.2, 0.25) is 0 Å². The van der Waals surface area contributed by atoms with Gasteiger partial charge in [0.1, 0.15) is 18.0 Å². The number of hydrogen-bond acceptors (Lipinski definition) is 5. The lowest BCUT2D eigenvalue weighted by atomic mass is 9.97. The van der Waals surface area contributed by atoms with Crippen LogP contribution in [0.2, 0.25) is 0 Å². The molecule has 0 aromatic heterocycles. The molecule has 0 saturated heterocycles. The molecule has 0 bridgehead atoms. The molecule has 0 aliphatic heterocycles. The van der Waals surface area contributed by atoms with Gasteiger partial charge in [-0.05, 0) is 24.6 Å². The standard InChI is InChI=1S/C15H17NO4/c1-11(17)9-15(18)20-8-7-13(10-16)12-3-5-14(19-2)6-4-12/h3-6,13H,7-9H2,1-2H3. The van der Waals surface area contributed by atoms with Crippen molar-refractivity contribution >= 4 is 11.8 Å². The topological polar surface area (TPSA) is 76.4 Å². The van der Waals surface area contributed by atoms with Crippen molar-refractivity contribution in [2.75, 3.05) is 13.7 Å². The predicted molar refractivity (Wildman–Crippen MR) is 72.2 cm³/mol. The van der Waals surface area contributed by atoms with E-state index >= 15 is 0 Å². The molecule has 0 amide bonds. The van der Waals surface area contributed by atoms with E-state index < -0.39 is 5.97 Å². The first-order chi connectivity index (χ1) is 9.56. The van der Waals surface area contributed by atoms with Crippen LogP contribution in [0.4, 0.5) is 0 Å². The molecule has 1 unspecified atom stereocenters. The van der Waals surface area contributed by atoms with Crippen LogP contribution in [0.25, 0.3) is 0 Å². The third kappa shape index (κ3) is 5.11. The lowest BCUT2D eigenvalue weighted by Crippen LogP contribution is -2.11. The minimum atomic E-state index is -0.552. The summed E-state index contributed by atoms with van der Waals surface area (Å²) in [7, 11) is 1.57. The summed E-state index contributed by atoms with van der Waals surface area (Å²) in [5, 5.41) is 9.14. The Labute approximate surface area is 118 Å². The van der Waals surface area contributed by atoms with Crippen LogP contribution < -0.4 is 4.74 Å². The molecule has 0 N–H and O–H groups in total. The smallest absolute Gasteiger partial charge is 0.313 e. The Morgan fingerprint density at radius 2 is 1.95 bits per heavy atom. The predicted octanol–water partition coefficient (Wildman–Crippen LogP) is 2.21. The molecule has 1 atom stereocenters. The highest BCUT2D eigenvalue weighted by molar-refractivity contribution is 5.94. The summed E-state index contributed by atoms with van der Waals surface area (Å²) in [6, 6.07) is 9.35. The van der Waals surface area contributed by atoms with Gasteiger partial charge in [0.05, 0.1) is 25.7 Å². The Hall–Kier alpha value is -2.35. The second kappa shape index (κ2) is 7.95. The fourth-order valence-electron chi connectivity index (χ4n) is 1.69. The van der Waals surface area contributed by atoms with E-state index in [1.165, 1.54) is 6.92 Å². The minimum absolute atomic E-state index is 0.121. The van der Waals surface area contributed by atoms with Gasteiger partial charge in [-0.25, -0.2) is 0 Å². The molecule has 0 heterocycles. The second-order valence-corrected chi connectivity index (χ2v) is 4.34. The van der Waals surface area contributed by atoms with Crippen molar-refractivity contribution in [3.8, 4) is 11.8 Å². The number of Topliss-reactive ketones (excluding diaryl/α,β-unsaturated/α-hetero) is 1. The molecule has 0 saturated carbocycles. The monoisotopic (exact) mass is 275 g/mol. The number of benzene rings is 1. The molecule has 0 spiro atoms. The van der Waals surface area contributed by atoms with Gasteiger partial charge < -0.3 is 9.47 Å². The highest BCUT2D eigenvalue weighted by Gasteiger charge is 2.13. The summed E-state index contributed by atoms with van der Waals surface area (Å²) in [5.41, 5.74) is 0.843. The number of methoxy groups -OCH3 is 1. The van der Waals surface area contributed by atoms with Crippen LogP contribution in [0.5, 0.6) is 5.75 Å². The number of nitriles is 1. The quantitative estimate of drug-likeness (QED) is 0.563. The molecule has 0 aliphatic carbocycles. The van der Waals surface area contributed by atoms with Crippen LogP contribution in [0.15, 0.2) is 24.3 Å². The van der Waals surface area contributed by atoms with Crippen molar-refractivity contribution < 1.29 is 19.1 Å². The zero-order valence-electron chi connectivity index (χ0n) is 11.6. The maximum Gasteiger partial charge on any atom is 0.313 e. The van der Waals surface area contributed by atoms with E-state index in [1.807, 2.05) is 12.1 Å². The molecule has 106 valence electrons. The van der Waals surface area contributed by atoms with Gasteiger partial charge >= 0.3 is 5.97 Å². The first kappa shape index (κ1) is 15.7. The Bertz CT molecular complexity index is 502. The van der Waals surface area contributed by atoms with Gasteiger partial charge in [-0.1, -0.05) is 12.1 Å². The van der Waals surface area contributed by atoms with Gasteiger partial charge in [-0.15, -0.1) is 0 Å². The van der Waals surface area contributed by atoms with Gasteiger partial charge in [0.25, 0.3) is 0 Å². The van der Waals surface area contributed by atoms with Crippen LogP contribution >= 0.6 is 0 Å². The first-order valence-electron chi connectivity index (χ1n) is 6.25. The van der Waals surface area contributed by atoms with Crippen molar-refractivity contribution in [1.29, 1.82) is 5.26 Å². The van der Waals surface area contributed by atoms with Crippen molar-refractivity contribution in [2.45, 2.75) is 25.7 Å². The van der Waals surface area contributed by atoms with E-state index in [0.717, 1.165) is 11.3 Å². The molecule has 0 fully saturated rings. The van der Waals surface area contributed by atoms with Gasteiger partial charge in [0.15, 0.2) is 0 Å². The molecular formula is C15H17NO4. The summed E-state index contributed by atoms with van der Waals surface area (Å²) in [4.78, 5) is 21.9. The average Bonchev–Trinajstić information content (AvgIpc) is 2.43. The Morgan fingerprint density at radius 3 is 2.45 bits per heavy atom. The van der Waals surface area contributed by atoms with E-state index in [-0.39, 0.29) is 24.7 Å². The fraction of sp³-hybridized carbons (Fsp3) is 0.400. The van der Waals surface area contributed by atoms with Gasteiger partial charge in [-0.2, -0.15) is 5.26 Å². The fourth-order valence-corrected chi connectivity index (χ4v) is 1.69. The number of ketones is 1. The maximum atomic E-state index is 11.2. The minimum Gasteiger partial charge on any atom is -0.497 e. The molecule has 20 heavy (non-hydrogen) atoms. The Balaban J connectivity index is 2.49. The van der Waals surface area contributed by atoms with Crippen molar-refractivity contribution in [3.63, 3.8) is 0 Å². The number of nitrogens with zero attached hydrogens (tertiary/aromatic N) is 1. The van der Waals surface area contributed by atoms with Crippen LogP contribution in [-0.2, 0) is 14.3 Å². The van der Waals surface area contributed by atoms with Crippen LogP contribution in [-0.4, -0.2) is 25.5 Å². The third-order valence-corrected chi connectivity index (χ3v) is 2.74. The maximum absolute atomic E-state index is 11.2. The number of carbonyl (C=O) groups is 2. The van der Waals surface area contributed by atoms with Crippen LogP contribution in [0, 0.1) is 11.3 Å². The zero-order chi connectivity index (χ0) is 15.0. The molecule has 5 heteroatoms. The molecule has 1 aromatic carbocycles. The van der Waals surface area contributed by atoms with E-state index in [0.29, 0.717) is 6.42 Å². The summed E-state index contributed by atoms with van der Waals surface area (Å²) in [6.07, 6.45) is 0.173. The van der Waals surface area contributed by atoms with Crippen molar-refractivity contribution in [1.82, 2.24) is 0 Å². The van der Waals surface area contributed by atoms with Crippen LogP contribution in [0.1, 0.15) is 31.2 Å². The number of hydrogen-bond donors (Lipinski definition) is 0. The molecule has 1 rings (SSSR count). The molecule has 0 radical (unpaired) electrons. The van der Waals surface area contributed by atoms with E-state index in [9.17, 15) is 9.59 Å². The van der Waals surface area contributed by atoms with E-state index in [2.05, 4.69) is 6.07 Å². The molecule has 5 nitrogen and oxygen atoms in total. The summed E-state index contributed by atoms with van der Waals surface area (Å²) >= 11 is 0. The van der Waals surface area contributed by atoms with E-state index in [1.54, 1.807) is 19.2 Å². The Kier molecular flexibility index (Phi) is 6.24. The average molecular weight is 275 g/mol. The van der Waals surface area contributed by atoms with Crippen LogP contribution in [0.3, 0.4) is 0 Å². The normalized spacial score (nSPS) is 11.2. The highest BCUT2D eigenvalue weighted by atomic mass is 16.5. The number of ether oxygens (including phenoxy) is 2. The molecule has 1 aromatic rings. The zero-order valence-corrected chi connectivity index (χ0v) is 11.6. The number of carbonyl (C=O) groups excluding carboxylic acids is 2. The van der Waals surface area contributed by atoms with Gasteiger partial charge in [-0.3, -0.25) is 9.59 Å². The lowest BCUT2D eigenvalue weighted by Gasteiger charge is -2.10. The van der Waals surface area contributed by atoms with Crippen molar-refractivity contribution in [3.05, 3.63) is 29.8 Å². The largest absolute Gasteiger partial charge is 0.497 e. The van der Waals surface area contributed by atoms with Gasteiger partial charge in [0, 0.05) is 6.42 Å². The van der Waals surface area contributed by atoms with Crippen molar-refractivity contribution in [2.24, 2.45) is 0 Å². The summed E-state index contributed by atoms with van der Waals surface area (Å²) in [5.74, 6) is -0.421. The number of esters is 1. The highest BCUT2D eigenvalue weighted by Crippen LogP contribution is 2.21. The lowest BCUT2D eigenvalue weighted by molar-refractivity contribution is -0.145. The molecular weight excluding hydrogens is 258 g/mol. The first-order valence-corrected chi connectivity index (χ1v) is 6.25. The molecule has 0 aliphatic rings. The SMILES string of the molecule is COc1ccc(C(C#N)CCOC(=O)CC(C)=O)cc1. The Morgan fingerprint density at radius 1 is 1.30 bits per heavy atom. The van der Waals surface area contributed by atoms with E-state index in [4.69, 9.17) is 14.7 Å². The summed E-state index contributed by atoms with van der Waals surface area (Å²) in [6.45, 7) is 1.45. The third-order valence-electron chi connectivity index (χ3n) is 2.74.